The summed E-state index contributed by atoms with van der Waals surface area (Å²) in [5.74, 6) is 0. The lowest BCUT2D eigenvalue weighted by Gasteiger charge is -2.26. The first-order chi connectivity index (χ1) is 13.7. The van der Waals surface area contributed by atoms with Gasteiger partial charge in [-0.15, -0.1) is 0 Å². The van der Waals surface area contributed by atoms with Gasteiger partial charge < -0.3 is 5.73 Å². The van der Waals surface area contributed by atoms with E-state index in [1.54, 1.807) is 60.7 Å². The fourth-order valence-electron chi connectivity index (χ4n) is 2.95. The Labute approximate surface area is 167 Å². The average molecular weight is 420 g/mol. The van der Waals surface area contributed by atoms with Crippen LogP contribution in [0.25, 0.3) is 0 Å². The fraction of sp³-hybridized carbons (Fsp3) is 0.143. The molecule has 4 nitrogen and oxygen atoms in total. The maximum absolute atomic E-state index is 13.0. The molecular weight excluding hydrogens is 401 g/mol. The van der Waals surface area contributed by atoms with Gasteiger partial charge >= 0.3 is 6.18 Å². The van der Waals surface area contributed by atoms with E-state index in [9.17, 15) is 21.6 Å². The molecule has 3 aromatic rings. The van der Waals surface area contributed by atoms with E-state index in [1.165, 1.54) is 0 Å². The SMILES string of the molecule is N[C@@H](c1ccccc1)[C@@H](NS(=O)(=O)c1cccc(C(F)(F)F)c1)c1ccccc1. The van der Waals surface area contributed by atoms with Gasteiger partial charge in [-0.25, -0.2) is 13.1 Å². The van der Waals surface area contributed by atoms with Crippen LogP contribution in [0.2, 0.25) is 0 Å². The van der Waals surface area contributed by atoms with Gasteiger partial charge in [-0.3, -0.25) is 0 Å². The second-order valence-electron chi connectivity index (χ2n) is 6.47. The third-order valence-electron chi connectivity index (χ3n) is 4.46. The van der Waals surface area contributed by atoms with Crippen molar-refractivity contribution in [2.45, 2.75) is 23.2 Å². The van der Waals surface area contributed by atoms with Gasteiger partial charge in [0.2, 0.25) is 10.0 Å². The van der Waals surface area contributed by atoms with Crippen molar-refractivity contribution in [3.05, 3.63) is 102 Å². The topological polar surface area (TPSA) is 72.2 Å². The lowest BCUT2D eigenvalue weighted by molar-refractivity contribution is -0.137. The quantitative estimate of drug-likeness (QED) is 0.620. The van der Waals surface area contributed by atoms with Gasteiger partial charge in [0.15, 0.2) is 0 Å². The predicted octanol–water partition coefficient (Wildman–Crippen LogP) is 4.43. The number of benzene rings is 3. The Bertz CT molecular complexity index is 1060. The standard InChI is InChI=1S/C21H19F3N2O2S/c22-21(23,24)17-12-7-13-18(14-17)29(27,28)26-20(16-10-5-2-6-11-16)19(25)15-8-3-1-4-9-15/h1-14,19-20,26H,25H2/t19-,20-/m0/s1. The molecule has 0 radical (unpaired) electrons. The molecule has 29 heavy (non-hydrogen) atoms. The molecule has 0 bridgehead atoms. The molecule has 3 rings (SSSR count). The first kappa shape index (κ1) is 21.0. The molecule has 0 aliphatic carbocycles. The van der Waals surface area contributed by atoms with Crippen LogP contribution in [0.3, 0.4) is 0 Å². The molecule has 0 aliphatic heterocycles. The van der Waals surface area contributed by atoms with Gasteiger partial charge in [-0.2, -0.15) is 13.2 Å². The summed E-state index contributed by atoms with van der Waals surface area (Å²) in [7, 11) is -4.27. The number of sulfonamides is 1. The summed E-state index contributed by atoms with van der Waals surface area (Å²) in [6.45, 7) is 0. The summed E-state index contributed by atoms with van der Waals surface area (Å²) in [4.78, 5) is -0.478. The number of nitrogens with one attached hydrogen (secondary N) is 1. The molecule has 8 heteroatoms. The van der Waals surface area contributed by atoms with Gasteiger partial charge in [-0.1, -0.05) is 66.7 Å². The molecule has 3 N–H and O–H groups in total. The van der Waals surface area contributed by atoms with Crippen LogP contribution >= 0.6 is 0 Å². The summed E-state index contributed by atoms with van der Waals surface area (Å²) >= 11 is 0. The fourth-order valence-corrected chi connectivity index (χ4v) is 4.24. The highest BCUT2D eigenvalue weighted by atomic mass is 32.2. The van der Waals surface area contributed by atoms with Crippen molar-refractivity contribution in [2.75, 3.05) is 0 Å². The Kier molecular flexibility index (Phi) is 6.07. The highest BCUT2D eigenvalue weighted by molar-refractivity contribution is 7.89. The van der Waals surface area contributed by atoms with Crippen molar-refractivity contribution < 1.29 is 21.6 Å². The third-order valence-corrected chi connectivity index (χ3v) is 5.89. The zero-order valence-corrected chi connectivity index (χ0v) is 16.0. The molecule has 0 unspecified atom stereocenters. The van der Waals surface area contributed by atoms with Gasteiger partial charge in [0.25, 0.3) is 0 Å². The summed E-state index contributed by atoms with van der Waals surface area (Å²) in [6, 6.07) is 19.5. The molecule has 0 heterocycles. The highest BCUT2D eigenvalue weighted by Crippen LogP contribution is 2.32. The summed E-state index contributed by atoms with van der Waals surface area (Å²) in [6.07, 6.45) is -4.65. The van der Waals surface area contributed by atoms with E-state index in [0.717, 1.165) is 18.2 Å². The van der Waals surface area contributed by atoms with Crippen LogP contribution < -0.4 is 10.5 Å². The first-order valence-electron chi connectivity index (χ1n) is 8.73. The van der Waals surface area contributed by atoms with Crippen molar-refractivity contribution >= 4 is 10.0 Å². The van der Waals surface area contributed by atoms with Crippen LogP contribution in [0.4, 0.5) is 13.2 Å². The van der Waals surface area contributed by atoms with Gasteiger partial charge in [0.1, 0.15) is 0 Å². The minimum Gasteiger partial charge on any atom is -0.322 e. The number of rotatable bonds is 6. The smallest absolute Gasteiger partial charge is 0.322 e. The second kappa shape index (κ2) is 8.36. The molecule has 2 atom stereocenters. The van der Waals surface area contributed by atoms with E-state index in [2.05, 4.69) is 4.72 Å². The van der Waals surface area contributed by atoms with Gasteiger partial charge in [0, 0.05) is 0 Å². The average Bonchev–Trinajstić information content (AvgIpc) is 2.72. The number of halogens is 3. The van der Waals surface area contributed by atoms with Crippen LogP contribution in [-0.4, -0.2) is 8.42 Å². The van der Waals surface area contributed by atoms with E-state index in [1.807, 2.05) is 0 Å². The molecule has 0 saturated carbocycles. The number of hydrogen-bond acceptors (Lipinski definition) is 3. The second-order valence-corrected chi connectivity index (χ2v) is 8.19. The lowest BCUT2D eigenvalue weighted by atomic mass is 9.95. The van der Waals surface area contributed by atoms with Crippen LogP contribution in [0.15, 0.2) is 89.8 Å². The van der Waals surface area contributed by atoms with E-state index in [4.69, 9.17) is 5.73 Å². The Hall–Kier alpha value is -2.68. The molecule has 0 aromatic heterocycles. The Morgan fingerprint density at radius 3 is 1.90 bits per heavy atom. The number of nitrogens with two attached hydrogens (primary N) is 1. The molecular formula is C21H19F3N2O2S. The van der Waals surface area contributed by atoms with E-state index in [-0.39, 0.29) is 0 Å². The van der Waals surface area contributed by atoms with Crippen molar-refractivity contribution in [1.29, 1.82) is 0 Å². The zero-order chi connectivity index (χ0) is 21.1. The molecule has 152 valence electrons. The van der Waals surface area contributed by atoms with Crippen molar-refractivity contribution in [3.63, 3.8) is 0 Å². The molecule has 0 fully saturated rings. The minimum absolute atomic E-state index is 0.478. The molecule has 3 aromatic carbocycles. The van der Waals surface area contributed by atoms with E-state index < -0.39 is 38.7 Å². The monoisotopic (exact) mass is 420 g/mol. The van der Waals surface area contributed by atoms with Crippen LogP contribution in [0.1, 0.15) is 28.8 Å². The Morgan fingerprint density at radius 2 is 1.34 bits per heavy atom. The van der Waals surface area contributed by atoms with Crippen LogP contribution in [-0.2, 0) is 16.2 Å². The Morgan fingerprint density at radius 1 is 0.793 bits per heavy atom. The van der Waals surface area contributed by atoms with Crippen molar-refractivity contribution in [3.8, 4) is 0 Å². The highest BCUT2D eigenvalue weighted by Gasteiger charge is 2.33. The predicted molar refractivity (Wildman–Crippen MR) is 104 cm³/mol. The van der Waals surface area contributed by atoms with Crippen LogP contribution in [0, 0.1) is 0 Å². The first-order valence-corrected chi connectivity index (χ1v) is 10.2. The van der Waals surface area contributed by atoms with Crippen LogP contribution in [0.5, 0.6) is 0 Å². The largest absolute Gasteiger partial charge is 0.416 e. The van der Waals surface area contributed by atoms with Crippen molar-refractivity contribution in [2.24, 2.45) is 5.73 Å². The lowest BCUT2D eigenvalue weighted by Crippen LogP contribution is -2.36. The third kappa shape index (κ3) is 5.03. The summed E-state index contributed by atoms with van der Waals surface area (Å²) in [5, 5.41) is 0. The summed E-state index contributed by atoms with van der Waals surface area (Å²) < 4.78 is 67.3. The molecule has 0 spiro atoms. The minimum atomic E-state index is -4.65. The number of alkyl halides is 3. The molecule has 0 aliphatic rings. The maximum atomic E-state index is 13.0. The van der Waals surface area contributed by atoms with Crippen molar-refractivity contribution in [1.82, 2.24) is 4.72 Å². The number of hydrogen-bond donors (Lipinski definition) is 2. The van der Waals surface area contributed by atoms with E-state index >= 15 is 0 Å². The maximum Gasteiger partial charge on any atom is 0.416 e. The van der Waals surface area contributed by atoms with E-state index in [0.29, 0.717) is 17.2 Å². The van der Waals surface area contributed by atoms with Gasteiger partial charge in [-0.05, 0) is 29.3 Å². The normalized spacial score (nSPS) is 14.3. The molecule has 0 amide bonds. The molecule has 0 saturated heterocycles. The zero-order valence-electron chi connectivity index (χ0n) is 15.2. The summed E-state index contributed by atoms with van der Waals surface area (Å²) in [5.41, 5.74) is 6.60. The van der Waals surface area contributed by atoms with Gasteiger partial charge in [0.05, 0.1) is 22.5 Å². The Balaban J connectivity index is 1.99.